The quantitative estimate of drug-likeness (QED) is 0.174. The van der Waals surface area contributed by atoms with Crippen molar-refractivity contribution in [3.63, 3.8) is 0 Å². The molecular formula is C6H5NaO4. The number of rotatable bonds is 1. The van der Waals surface area contributed by atoms with Gasteiger partial charge in [-0.25, -0.2) is 0 Å². The van der Waals surface area contributed by atoms with Gasteiger partial charge in [0.15, 0.2) is 0 Å². The Hall–Kier alpha value is -0.320. The van der Waals surface area contributed by atoms with Crippen molar-refractivity contribution in [2.45, 2.75) is 0 Å². The van der Waals surface area contributed by atoms with Crippen LogP contribution in [0.5, 0.6) is 0 Å². The van der Waals surface area contributed by atoms with E-state index in [4.69, 9.17) is 0 Å². The number of ether oxygens (including phenoxy) is 2. The first-order valence-corrected chi connectivity index (χ1v) is 2.62. The van der Waals surface area contributed by atoms with E-state index in [0.29, 0.717) is 0 Å². The van der Waals surface area contributed by atoms with Crippen LogP contribution in [0.2, 0.25) is 0 Å². The number of methoxy groups -OCH3 is 1. The molecule has 0 saturated heterocycles. The molecule has 5 heteroatoms. The van der Waals surface area contributed by atoms with E-state index in [2.05, 4.69) is 15.5 Å². The first-order valence-electron chi connectivity index (χ1n) is 2.62. The molecule has 0 aromatic rings. The summed E-state index contributed by atoms with van der Waals surface area (Å²) in [4.78, 5) is 21.2. The third-order valence-corrected chi connectivity index (χ3v) is 1.05. The summed E-state index contributed by atoms with van der Waals surface area (Å²) in [5.74, 6) is -1.35. The zero-order valence-corrected chi connectivity index (χ0v) is 8.34. The largest absolute Gasteiger partial charge is 1.00 e. The standard InChI is InChI=1S/C6H5O4.Na/c1-9-5(7)4-2-3-10-6(4)8;/h3H2,1H3;/q-1;+1. The van der Waals surface area contributed by atoms with Crippen molar-refractivity contribution >= 4 is 11.9 Å². The molecule has 0 saturated carbocycles. The molecule has 0 aromatic carbocycles. The van der Waals surface area contributed by atoms with E-state index in [1.54, 1.807) is 0 Å². The van der Waals surface area contributed by atoms with Crippen LogP contribution in [-0.4, -0.2) is 25.7 Å². The van der Waals surface area contributed by atoms with E-state index in [0.717, 1.165) is 0 Å². The molecule has 54 valence electrons. The Kier molecular flexibility index (Phi) is 4.40. The van der Waals surface area contributed by atoms with E-state index >= 15 is 0 Å². The van der Waals surface area contributed by atoms with Gasteiger partial charge in [-0.1, -0.05) is 0 Å². The molecule has 0 amide bonds. The Morgan fingerprint density at radius 1 is 1.73 bits per heavy atom. The van der Waals surface area contributed by atoms with Crippen LogP contribution in [0.15, 0.2) is 5.57 Å². The van der Waals surface area contributed by atoms with Crippen molar-refractivity contribution in [2.75, 3.05) is 13.7 Å². The molecule has 0 unspecified atom stereocenters. The number of carbonyl (C=O) groups excluding carboxylic acids is 2. The van der Waals surface area contributed by atoms with Gasteiger partial charge in [0, 0.05) is 6.61 Å². The maximum absolute atomic E-state index is 10.6. The van der Waals surface area contributed by atoms with Gasteiger partial charge in [0.05, 0.1) is 7.11 Å². The molecular weight excluding hydrogens is 159 g/mol. The molecule has 1 heterocycles. The summed E-state index contributed by atoms with van der Waals surface area (Å²) in [5, 5.41) is 0. The first-order chi connectivity index (χ1) is 4.75. The average Bonchev–Trinajstić information content (AvgIpc) is 2.34. The molecule has 0 aliphatic carbocycles. The summed E-state index contributed by atoms with van der Waals surface area (Å²) in [6.45, 7) is 0.0449. The van der Waals surface area contributed by atoms with Gasteiger partial charge in [-0.2, -0.15) is 0 Å². The minimum absolute atomic E-state index is 0. The molecule has 0 fully saturated rings. The average molecular weight is 164 g/mol. The van der Waals surface area contributed by atoms with Gasteiger partial charge in [0.1, 0.15) is 0 Å². The van der Waals surface area contributed by atoms with Crippen molar-refractivity contribution in [1.82, 2.24) is 0 Å². The van der Waals surface area contributed by atoms with Crippen LogP contribution < -0.4 is 29.6 Å². The minimum atomic E-state index is -0.692. The zero-order chi connectivity index (χ0) is 7.56. The second-order valence-electron chi connectivity index (χ2n) is 1.62. The molecule has 0 atom stereocenters. The summed E-state index contributed by atoms with van der Waals surface area (Å²) in [5.41, 5.74) is -0.137. The van der Waals surface area contributed by atoms with E-state index < -0.39 is 11.9 Å². The van der Waals surface area contributed by atoms with Gasteiger partial charge >= 0.3 is 29.6 Å². The van der Waals surface area contributed by atoms with Gasteiger partial charge in [0.25, 0.3) is 0 Å². The molecule has 1 aliphatic heterocycles. The van der Waals surface area contributed by atoms with E-state index in [1.165, 1.54) is 7.11 Å². The zero-order valence-electron chi connectivity index (χ0n) is 6.34. The molecule has 1 aliphatic rings. The van der Waals surface area contributed by atoms with E-state index in [-0.39, 0.29) is 41.7 Å². The smallest absolute Gasteiger partial charge is 0.528 e. The van der Waals surface area contributed by atoms with E-state index in [1.807, 2.05) is 0 Å². The van der Waals surface area contributed by atoms with Crippen LogP contribution in [0.25, 0.3) is 0 Å². The summed E-state index contributed by atoms with van der Waals surface area (Å²) in [7, 11) is 1.20. The Bertz CT molecular complexity index is 209. The van der Waals surface area contributed by atoms with Gasteiger partial charge in [-0.05, 0) is 5.57 Å². The van der Waals surface area contributed by atoms with Crippen LogP contribution in [-0.2, 0) is 19.1 Å². The Morgan fingerprint density at radius 3 is 2.73 bits per heavy atom. The molecule has 0 N–H and O–H groups in total. The van der Waals surface area contributed by atoms with E-state index in [9.17, 15) is 9.59 Å². The molecule has 0 bridgehead atoms. The second kappa shape index (κ2) is 4.54. The van der Waals surface area contributed by atoms with Crippen molar-refractivity contribution in [1.29, 1.82) is 0 Å². The van der Waals surface area contributed by atoms with Gasteiger partial charge in [-0.3, -0.25) is 0 Å². The molecule has 0 radical (unpaired) electrons. The van der Waals surface area contributed by atoms with Crippen LogP contribution in [0.3, 0.4) is 0 Å². The van der Waals surface area contributed by atoms with Gasteiger partial charge in [-0.15, -0.1) is 6.08 Å². The van der Waals surface area contributed by atoms with Gasteiger partial charge in [0.2, 0.25) is 11.9 Å². The molecule has 4 nitrogen and oxygen atoms in total. The molecule has 1 rings (SSSR count). The predicted octanol–water partition coefficient (Wildman–Crippen LogP) is -3.55. The fourth-order valence-corrected chi connectivity index (χ4v) is 0.576. The predicted molar refractivity (Wildman–Crippen MR) is 29.7 cm³/mol. The monoisotopic (exact) mass is 164 g/mol. The fourth-order valence-electron chi connectivity index (χ4n) is 0.576. The Morgan fingerprint density at radius 2 is 2.36 bits per heavy atom. The van der Waals surface area contributed by atoms with Crippen molar-refractivity contribution < 1.29 is 48.6 Å². The fraction of sp³-hybridized carbons (Fsp3) is 0.333. The third-order valence-electron chi connectivity index (χ3n) is 1.05. The molecule has 0 spiro atoms. The Labute approximate surface area is 85.8 Å². The van der Waals surface area contributed by atoms with Gasteiger partial charge < -0.3 is 19.1 Å². The number of cyclic esters (lactones) is 1. The number of hydrogen-bond acceptors (Lipinski definition) is 4. The SMILES string of the molecule is COC(=O)C1=[C-]COC1=O.[Na+]. The topological polar surface area (TPSA) is 52.6 Å². The van der Waals surface area contributed by atoms with Crippen LogP contribution >= 0.6 is 0 Å². The Balaban J connectivity index is 0.000001000. The number of hydrogen-bond donors (Lipinski definition) is 0. The number of carbonyl (C=O) groups is 2. The van der Waals surface area contributed by atoms with Crippen molar-refractivity contribution in [3.05, 3.63) is 11.6 Å². The number of esters is 2. The summed E-state index contributed by atoms with van der Waals surface area (Å²) in [6.07, 6.45) is 2.43. The van der Waals surface area contributed by atoms with Crippen LogP contribution in [0.4, 0.5) is 0 Å². The maximum atomic E-state index is 10.6. The summed E-state index contributed by atoms with van der Waals surface area (Å²) >= 11 is 0. The third kappa shape index (κ3) is 2.32. The van der Waals surface area contributed by atoms with Crippen molar-refractivity contribution in [2.24, 2.45) is 0 Å². The minimum Gasteiger partial charge on any atom is -0.528 e. The van der Waals surface area contributed by atoms with Crippen LogP contribution in [0, 0.1) is 6.08 Å². The molecule has 0 aromatic heterocycles. The molecule has 11 heavy (non-hydrogen) atoms. The first kappa shape index (κ1) is 10.7. The maximum Gasteiger partial charge on any atom is 1.00 e. The summed E-state index contributed by atoms with van der Waals surface area (Å²) in [6, 6.07) is 0. The van der Waals surface area contributed by atoms with Crippen LogP contribution in [0.1, 0.15) is 0 Å². The summed E-state index contributed by atoms with van der Waals surface area (Å²) < 4.78 is 8.67. The second-order valence-corrected chi connectivity index (χ2v) is 1.62. The van der Waals surface area contributed by atoms with Crippen molar-refractivity contribution in [3.8, 4) is 0 Å². The normalized spacial score (nSPS) is 14.6.